The normalized spacial score (nSPS) is 10.3. The highest BCUT2D eigenvalue weighted by Gasteiger charge is 2.10. The van der Waals surface area contributed by atoms with Crippen LogP contribution in [-0.2, 0) is 7.05 Å². The van der Waals surface area contributed by atoms with E-state index in [9.17, 15) is 14.4 Å². The van der Waals surface area contributed by atoms with E-state index in [2.05, 4.69) is 21.2 Å². The first-order valence-corrected chi connectivity index (χ1v) is 7.64. The molecule has 9 nitrogen and oxygen atoms in total. The maximum atomic E-state index is 12.3. The van der Waals surface area contributed by atoms with Crippen LogP contribution >= 0.6 is 0 Å². The Morgan fingerprint density at radius 2 is 1.88 bits per heavy atom. The number of fused-ring (bicyclic) bond motifs is 1. The van der Waals surface area contributed by atoms with Gasteiger partial charge < -0.3 is 11.1 Å². The number of para-hydroxylation sites is 1. The molecule has 0 unspecified atom stereocenters. The molecule has 0 radical (unpaired) electrons. The van der Waals surface area contributed by atoms with E-state index in [0.29, 0.717) is 16.6 Å². The number of aromatic nitrogens is 2. The number of hydrogen-bond acceptors (Lipinski definition) is 5. The van der Waals surface area contributed by atoms with Gasteiger partial charge in [-0.15, -0.1) is 0 Å². The minimum atomic E-state index is -0.726. The van der Waals surface area contributed by atoms with Gasteiger partial charge in [-0.05, 0) is 30.3 Å². The van der Waals surface area contributed by atoms with Crippen molar-refractivity contribution in [1.82, 2.24) is 15.0 Å². The molecule has 0 aliphatic heterocycles. The molecular weight excluding hydrogens is 336 g/mol. The molecule has 5 N–H and O–H groups in total. The first kappa shape index (κ1) is 17.0. The number of rotatable bonds is 4. The molecule has 0 atom stereocenters. The predicted octanol–water partition coefficient (Wildman–Crippen LogP) is 1.18. The Labute approximate surface area is 147 Å². The number of primary amides is 1. The van der Waals surface area contributed by atoms with Gasteiger partial charge in [0, 0.05) is 18.3 Å². The van der Waals surface area contributed by atoms with Gasteiger partial charge in [-0.2, -0.15) is 0 Å². The highest BCUT2D eigenvalue weighted by Crippen LogP contribution is 2.11. The van der Waals surface area contributed by atoms with Crippen LogP contribution < -0.4 is 27.5 Å². The van der Waals surface area contributed by atoms with Crippen LogP contribution in [0.3, 0.4) is 0 Å². The zero-order valence-corrected chi connectivity index (χ0v) is 13.8. The third-order valence-electron chi connectivity index (χ3n) is 3.66. The number of hydrogen-bond donors (Lipinski definition) is 4. The van der Waals surface area contributed by atoms with E-state index in [1.807, 2.05) is 0 Å². The van der Waals surface area contributed by atoms with Gasteiger partial charge in [-0.3, -0.25) is 25.0 Å². The third-order valence-corrected chi connectivity index (χ3v) is 3.66. The van der Waals surface area contributed by atoms with Crippen LogP contribution in [0.1, 0.15) is 10.4 Å². The Balaban J connectivity index is 1.80. The minimum Gasteiger partial charge on any atom is -0.351 e. The zero-order chi connectivity index (χ0) is 18.7. The topological polar surface area (TPSA) is 131 Å². The summed E-state index contributed by atoms with van der Waals surface area (Å²) in [5.41, 5.74) is 11.1. The molecule has 3 rings (SSSR count). The second-order valence-corrected chi connectivity index (χ2v) is 5.47. The monoisotopic (exact) mass is 352 g/mol. The Kier molecular flexibility index (Phi) is 4.52. The van der Waals surface area contributed by atoms with Crippen molar-refractivity contribution in [3.05, 3.63) is 64.4 Å². The number of benzene rings is 2. The van der Waals surface area contributed by atoms with E-state index in [-0.39, 0.29) is 17.1 Å². The van der Waals surface area contributed by atoms with Gasteiger partial charge in [0.2, 0.25) is 5.95 Å². The molecule has 0 aliphatic carbocycles. The Morgan fingerprint density at radius 3 is 2.65 bits per heavy atom. The van der Waals surface area contributed by atoms with Gasteiger partial charge in [-0.1, -0.05) is 18.2 Å². The SMILES string of the molecule is Cn1c(NNC(=O)c2cccc(NC(N)=O)c2)nc2ccccc2c1=O. The highest BCUT2D eigenvalue weighted by molar-refractivity contribution is 5.97. The van der Waals surface area contributed by atoms with Gasteiger partial charge in [0.05, 0.1) is 10.9 Å². The van der Waals surface area contributed by atoms with Crippen LogP contribution in [0.5, 0.6) is 0 Å². The summed E-state index contributed by atoms with van der Waals surface area (Å²) in [5, 5.41) is 2.87. The van der Waals surface area contributed by atoms with Crippen molar-refractivity contribution in [2.75, 3.05) is 10.7 Å². The lowest BCUT2D eigenvalue weighted by molar-refractivity contribution is 0.0962. The molecular formula is C17H16N6O3. The molecule has 1 heterocycles. The van der Waals surface area contributed by atoms with Crippen molar-refractivity contribution in [1.29, 1.82) is 0 Å². The van der Waals surface area contributed by atoms with E-state index < -0.39 is 11.9 Å². The lowest BCUT2D eigenvalue weighted by Gasteiger charge is -2.12. The maximum Gasteiger partial charge on any atom is 0.316 e. The Bertz CT molecular complexity index is 1060. The molecule has 0 saturated heterocycles. The Hall–Kier alpha value is -3.88. The molecule has 0 saturated carbocycles. The standard InChI is InChI=1S/C17H16N6O3/c1-23-15(25)12-7-2-3-8-13(12)20-17(23)22-21-14(24)10-5-4-6-11(9-10)19-16(18)26/h2-9H,1H3,(H,20,22)(H,21,24)(H3,18,19,26). The summed E-state index contributed by atoms with van der Waals surface area (Å²) in [6.45, 7) is 0. The largest absolute Gasteiger partial charge is 0.351 e. The van der Waals surface area contributed by atoms with E-state index in [1.54, 1.807) is 49.5 Å². The third kappa shape index (κ3) is 3.46. The summed E-state index contributed by atoms with van der Waals surface area (Å²) < 4.78 is 1.30. The van der Waals surface area contributed by atoms with Crippen molar-refractivity contribution in [3.8, 4) is 0 Å². The first-order chi connectivity index (χ1) is 12.5. The molecule has 9 heteroatoms. The van der Waals surface area contributed by atoms with E-state index in [4.69, 9.17) is 5.73 Å². The molecule has 0 aliphatic rings. The molecule has 1 aromatic heterocycles. The van der Waals surface area contributed by atoms with Gasteiger partial charge >= 0.3 is 6.03 Å². The molecule has 0 bridgehead atoms. The fourth-order valence-electron chi connectivity index (χ4n) is 2.40. The van der Waals surface area contributed by atoms with Crippen LogP contribution in [0.4, 0.5) is 16.4 Å². The average molecular weight is 352 g/mol. The van der Waals surface area contributed by atoms with Crippen molar-refractivity contribution in [3.63, 3.8) is 0 Å². The summed E-state index contributed by atoms with van der Waals surface area (Å²) in [6.07, 6.45) is 0. The van der Waals surface area contributed by atoms with Gasteiger partial charge in [0.15, 0.2) is 0 Å². The molecule has 0 spiro atoms. The number of amides is 3. The summed E-state index contributed by atoms with van der Waals surface area (Å²) in [6, 6.07) is 12.4. The number of nitrogens with one attached hydrogen (secondary N) is 3. The van der Waals surface area contributed by atoms with E-state index in [1.165, 1.54) is 10.6 Å². The highest BCUT2D eigenvalue weighted by atomic mass is 16.2. The minimum absolute atomic E-state index is 0.188. The maximum absolute atomic E-state index is 12.3. The summed E-state index contributed by atoms with van der Waals surface area (Å²) in [4.78, 5) is 39.8. The van der Waals surface area contributed by atoms with Crippen molar-refractivity contribution < 1.29 is 9.59 Å². The fourth-order valence-corrected chi connectivity index (χ4v) is 2.40. The quantitative estimate of drug-likeness (QED) is 0.524. The van der Waals surface area contributed by atoms with Gasteiger partial charge in [-0.25, -0.2) is 9.78 Å². The van der Waals surface area contributed by atoms with Crippen LogP contribution in [0.25, 0.3) is 10.9 Å². The van der Waals surface area contributed by atoms with Crippen LogP contribution in [0.15, 0.2) is 53.3 Å². The number of carbonyl (C=O) groups is 2. The van der Waals surface area contributed by atoms with Crippen LogP contribution in [-0.4, -0.2) is 21.5 Å². The molecule has 26 heavy (non-hydrogen) atoms. The zero-order valence-electron chi connectivity index (χ0n) is 13.8. The summed E-state index contributed by atoms with van der Waals surface area (Å²) in [5.74, 6) is -0.283. The second kappa shape index (κ2) is 6.93. The average Bonchev–Trinajstić information content (AvgIpc) is 2.63. The van der Waals surface area contributed by atoms with Crippen molar-refractivity contribution in [2.45, 2.75) is 0 Å². The van der Waals surface area contributed by atoms with Crippen LogP contribution in [0, 0.1) is 0 Å². The number of nitrogens with two attached hydrogens (primary N) is 1. The number of carbonyl (C=O) groups excluding carboxylic acids is 2. The van der Waals surface area contributed by atoms with Crippen molar-refractivity contribution in [2.24, 2.45) is 12.8 Å². The molecule has 0 fully saturated rings. The number of urea groups is 1. The summed E-state index contributed by atoms with van der Waals surface area (Å²) >= 11 is 0. The predicted molar refractivity (Wildman–Crippen MR) is 97.7 cm³/mol. The molecule has 2 aromatic carbocycles. The molecule has 132 valence electrons. The lowest BCUT2D eigenvalue weighted by atomic mass is 10.2. The molecule has 3 amide bonds. The fraction of sp³-hybridized carbons (Fsp3) is 0.0588. The molecule has 3 aromatic rings. The smallest absolute Gasteiger partial charge is 0.316 e. The number of anilines is 2. The summed E-state index contributed by atoms with van der Waals surface area (Å²) in [7, 11) is 1.55. The lowest BCUT2D eigenvalue weighted by Crippen LogP contribution is -2.33. The van der Waals surface area contributed by atoms with Gasteiger partial charge in [0.1, 0.15) is 0 Å². The van der Waals surface area contributed by atoms with E-state index >= 15 is 0 Å². The Morgan fingerprint density at radius 1 is 1.12 bits per heavy atom. The van der Waals surface area contributed by atoms with E-state index in [0.717, 1.165) is 0 Å². The first-order valence-electron chi connectivity index (χ1n) is 7.64. The second-order valence-electron chi connectivity index (χ2n) is 5.47. The van der Waals surface area contributed by atoms with Crippen LogP contribution in [0.2, 0.25) is 0 Å². The number of nitrogens with zero attached hydrogens (tertiary/aromatic N) is 2. The van der Waals surface area contributed by atoms with Crippen molar-refractivity contribution >= 4 is 34.5 Å². The van der Waals surface area contributed by atoms with Gasteiger partial charge in [0.25, 0.3) is 11.5 Å². The number of hydrazine groups is 1.